The lowest BCUT2D eigenvalue weighted by Crippen LogP contribution is -2.50. The van der Waals surface area contributed by atoms with Gasteiger partial charge in [0.15, 0.2) is 0 Å². The number of nitrogens with zero attached hydrogens (tertiary/aromatic N) is 2. The van der Waals surface area contributed by atoms with Crippen molar-refractivity contribution in [3.63, 3.8) is 0 Å². The molecule has 1 atom stereocenters. The molecular formula is C11H16N2O6S. The summed E-state index contributed by atoms with van der Waals surface area (Å²) in [5.74, 6) is -1.20. The summed E-state index contributed by atoms with van der Waals surface area (Å²) in [7, 11) is -2.39. The fourth-order valence-electron chi connectivity index (χ4n) is 2.12. The molecule has 112 valence electrons. The highest BCUT2D eigenvalue weighted by Crippen LogP contribution is 2.22. The molecule has 20 heavy (non-hydrogen) atoms. The molecule has 8 nitrogen and oxygen atoms in total. The van der Waals surface area contributed by atoms with Gasteiger partial charge in [-0.15, -0.1) is 0 Å². The van der Waals surface area contributed by atoms with Crippen LogP contribution in [0.5, 0.6) is 0 Å². The number of ether oxygens (including phenoxy) is 1. The molecule has 0 bridgehead atoms. The van der Waals surface area contributed by atoms with Crippen LogP contribution in [0, 0.1) is 0 Å². The van der Waals surface area contributed by atoms with Gasteiger partial charge in [-0.25, -0.2) is 13.2 Å². The van der Waals surface area contributed by atoms with Crippen LogP contribution in [0.1, 0.15) is 10.5 Å². The molecule has 1 saturated heterocycles. The molecule has 2 rings (SSSR count). The SMILES string of the molecule is Cn1cc(S(=O)(=O)N2CCOCC2CO)cc1C(=O)O. The first-order valence-electron chi connectivity index (χ1n) is 5.98. The van der Waals surface area contributed by atoms with Crippen molar-refractivity contribution in [1.29, 1.82) is 0 Å². The third-order valence-electron chi connectivity index (χ3n) is 3.19. The number of carboxylic acids is 1. The van der Waals surface area contributed by atoms with E-state index in [0.717, 1.165) is 10.4 Å². The van der Waals surface area contributed by atoms with Crippen LogP contribution < -0.4 is 0 Å². The van der Waals surface area contributed by atoms with Gasteiger partial charge in [0.25, 0.3) is 0 Å². The van der Waals surface area contributed by atoms with Crippen LogP contribution in [0.3, 0.4) is 0 Å². The Hall–Kier alpha value is -1.42. The third-order valence-corrected chi connectivity index (χ3v) is 5.11. The van der Waals surface area contributed by atoms with Crippen molar-refractivity contribution in [1.82, 2.24) is 8.87 Å². The highest BCUT2D eigenvalue weighted by Gasteiger charge is 2.34. The summed E-state index contributed by atoms with van der Waals surface area (Å²) in [6.45, 7) is 0.144. The molecule has 1 aliphatic heterocycles. The average molecular weight is 304 g/mol. The number of aromatic nitrogens is 1. The fourth-order valence-corrected chi connectivity index (χ4v) is 3.78. The Labute approximate surface area is 116 Å². The number of carbonyl (C=O) groups is 1. The quantitative estimate of drug-likeness (QED) is 0.746. The van der Waals surface area contributed by atoms with Crippen molar-refractivity contribution in [3.05, 3.63) is 18.0 Å². The molecule has 0 amide bonds. The van der Waals surface area contributed by atoms with Crippen molar-refractivity contribution >= 4 is 16.0 Å². The largest absolute Gasteiger partial charge is 0.477 e. The van der Waals surface area contributed by atoms with E-state index < -0.39 is 22.0 Å². The normalized spacial score (nSPS) is 21.0. The second-order valence-corrected chi connectivity index (χ2v) is 6.39. The van der Waals surface area contributed by atoms with Gasteiger partial charge in [0, 0.05) is 19.8 Å². The van der Waals surface area contributed by atoms with Gasteiger partial charge in [-0.2, -0.15) is 4.31 Å². The fraction of sp³-hybridized carbons (Fsp3) is 0.545. The Morgan fingerprint density at radius 3 is 2.80 bits per heavy atom. The van der Waals surface area contributed by atoms with E-state index in [1.54, 1.807) is 0 Å². The molecule has 0 aliphatic carbocycles. The van der Waals surface area contributed by atoms with E-state index in [2.05, 4.69) is 0 Å². The van der Waals surface area contributed by atoms with Crippen LogP contribution in [-0.4, -0.2) is 65.9 Å². The van der Waals surface area contributed by atoms with Crippen molar-refractivity contribution in [2.45, 2.75) is 10.9 Å². The summed E-state index contributed by atoms with van der Waals surface area (Å²) in [5.41, 5.74) is -0.114. The summed E-state index contributed by atoms with van der Waals surface area (Å²) >= 11 is 0. The number of hydrogen-bond donors (Lipinski definition) is 2. The summed E-state index contributed by atoms with van der Waals surface area (Å²) in [6, 6.07) is 0.462. The zero-order valence-corrected chi connectivity index (χ0v) is 11.7. The van der Waals surface area contributed by atoms with Gasteiger partial charge in [0.1, 0.15) is 10.6 Å². The van der Waals surface area contributed by atoms with E-state index in [1.165, 1.54) is 17.8 Å². The minimum absolute atomic E-state index is 0.0993. The number of aromatic carboxylic acids is 1. The van der Waals surface area contributed by atoms with Gasteiger partial charge in [0.05, 0.1) is 25.9 Å². The van der Waals surface area contributed by atoms with Gasteiger partial charge in [-0.05, 0) is 6.07 Å². The highest BCUT2D eigenvalue weighted by atomic mass is 32.2. The lowest BCUT2D eigenvalue weighted by atomic mass is 10.3. The Kier molecular flexibility index (Phi) is 4.14. The topological polar surface area (TPSA) is 109 Å². The molecular weight excluding hydrogens is 288 g/mol. The number of rotatable bonds is 4. The smallest absolute Gasteiger partial charge is 0.352 e. The maximum atomic E-state index is 12.5. The third kappa shape index (κ3) is 2.57. The molecule has 1 unspecified atom stereocenters. The molecule has 0 aromatic carbocycles. The Morgan fingerprint density at radius 1 is 1.55 bits per heavy atom. The molecule has 2 N–H and O–H groups in total. The van der Waals surface area contributed by atoms with E-state index in [4.69, 9.17) is 9.84 Å². The van der Waals surface area contributed by atoms with Crippen LogP contribution >= 0.6 is 0 Å². The van der Waals surface area contributed by atoms with Crippen molar-refractivity contribution < 1.29 is 28.2 Å². The molecule has 2 heterocycles. The first-order chi connectivity index (χ1) is 9.37. The summed E-state index contributed by atoms with van der Waals surface area (Å²) in [6.07, 6.45) is 1.25. The maximum Gasteiger partial charge on any atom is 0.352 e. The monoisotopic (exact) mass is 304 g/mol. The second kappa shape index (κ2) is 5.52. The number of aliphatic hydroxyl groups excluding tert-OH is 1. The molecule has 1 aromatic heterocycles. The lowest BCUT2D eigenvalue weighted by molar-refractivity contribution is 0.0109. The first-order valence-corrected chi connectivity index (χ1v) is 7.42. The molecule has 1 aliphatic rings. The standard InChI is InChI=1S/C11H16N2O6S/c1-12-5-9(4-10(12)11(15)16)20(17,18)13-2-3-19-7-8(13)6-14/h4-5,8,14H,2-3,6-7H2,1H3,(H,15,16). The molecule has 0 saturated carbocycles. The van der Waals surface area contributed by atoms with E-state index in [1.807, 2.05) is 0 Å². The van der Waals surface area contributed by atoms with Crippen LogP contribution in [0.25, 0.3) is 0 Å². The maximum absolute atomic E-state index is 12.5. The number of aryl methyl sites for hydroxylation is 1. The van der Waals surface area contributed by atoms with Crippen LogP contribution in [-0.2, 0) is 21.8 Å². The molecule has 0 spiro atoms. The summed E-state index contributed by atoms with van der Waals surface area (Å²) in [5, 5.41) is 18.2. The number of aliphatic hydroxyl groups is 1. The molecule has 1 fully saturated rings. The molecule has 0 radical (unpaired) electrons. The highest BCUT2D eigenvalue weighted by molar-refractivity contribution is 7.89. The van der Waals surface area contributed by atoms with Crippen molar-refractivity contribution in [3.8, 4) is 0 Å². The van der Waals surface area contributed by atoms with E-state index in [9.17, 15) is 18.3 Å². The van der Waals surface area contributed by atoms with E-state index in [0.29, 0.717) is 0 Å². The van der Waals surface area contributed by atoms with Gasteiger partial charge < -0.3 is 19.5 Å². The zero-order chi connectivity index (χ0) is 14.9. The Bertz CT molecular complexity index is 608. The van der Waals surface area contributed by atoms with Crippen molar-refractivity contribution in [2.75, 3.05) is 26.4 Å². The van der Waals surface area contributed by atoms with Crippen LogP contribution in [0.4, 0.5) is 0 Å². The van der Waals surface area contributed by atoms with Crippen LogP contribution in [0.2, 0.25) is 0 Å². The van der Waals surface area contributed by atoms with Crippen LogP contribution in [0.15, 0.2) is 17.2 Å². The van der Waals surface area contributed by atoms with Gasteiger partial charge in [-0.3, -0.25) is 0 Å². The minimum Gasteiger partial charge on any atom is -0.477 e. The van der Waals surface area contributed by atoms with Gasteiger partial charge in [-0.1, -0.05) is 0 Å². The Balaban J connectivity index is 2.39. The van der Waals surface area contributed by atoms with E-state index >= 15 is 0 Å². The first kappa shape index (κ1) is 15.0. The number of morpholine rings is 1. The van der Waals surface area contributed by atoms with E-state index in [-0.39, 0.29) is 37.0 Å². The second-order valence-electron chi connectivity index (χ2n) is 4.50. The summed E-state index contributed by atoms with van der Waals surface area (Å²) in [4.78, 5) is 10.9. The predicted octanol–water partition coefficient (Wildman–Crippen LogP) is -0.895. The van der Waals surface area contributed by atoms with Crippen molar-refractivity contribution in [2.24, 2.45) is 7.05 Å². The average Bonchev–Trinajstić information content (AvgIpc) is 2.81. The minimum atomic E-state index is -3.85. The Morgan fingerprint density at radius 2 is 2.25 bits per heavy atom. The zero-order valence-electron chi connectivity index (χ0n) is 10.9. The summed E-state index contributed by atoms with van der Waals surface area (Å²) < 4.78 is 32.5. The number of hydrogen-bond acceptors (Lipinski definition) is 5. The van der Waals surface area contributed by atoms with Gasteiger partial charge in [0.2, 0.25) is 10.0 Å². The lowest BCUT2D eigenvalue weighted by Gasteiger charge is -2.33. The van der Waals surface area contributed by atoms with Gasteiger partial charge >= 0.3 is 5.97 Å². The number of sulfonamides is 1. The predicted molar refractivity (Wildman–Crippen MR) is 68.0 cm³/mol. The molecule has 1 aromatic rings. The number of carboxylic acid groups (broad SMARTS) is 1. The molecule has 9 heteroatoms.